The Morgan fingerprint density at radius 1 is 1.21 bits per heavy atom. The molecule has 0 atom stereocenters. The number of benzene rings is 1. The number of fused-ring (bicyclic) bond motifs is 1. The van der Waals surface area contributed by atoms with Crippen molar-refractivity contribution in [3.63, 3.8) is 0 Å². The van der Waals surface area contributed by atoms with Crippen molar-refractivity contribution >= 4 is 16.9 Å². The molecule has 2 rings (SSSR count). The van der Waals surface area contributed by atoms with E-state index in [4.69, 9.17) is 4.74 Å². The van der Waals surface area contributed by atoms with E-state index in [0.717, 1.165) is 29.9 Å². The molecule has 0 radical (unpaired) electrons. The van der Waals surface area contributed by atoms with E-state index in [1.54, 1.807) is 19.1 Å². The number of hydrogen-bond donors (Lipinski definition) is 0. The van der Waals surface area contributed by atoms with Gasteiger partial charge in [0.1, 0.15) is 5.56 Å². The van der Waals surface area contributed by atoms with Crippen molar-refractivity contribution < 1.29 is 23.0 Å². The number of hydrogen-bond acceptors (Lipinski definition) is 4. The third-order valence-electron chi connectivity index (χ3n) is 4.60. The molecular weight excluding hydrogens is 440 g/mol. The fourth-order valence-corrected chi connectivity index (χ4v) is 3.01. The number of methoxy groups -OCH3 is 2. The second-order valence-corrected chi connectivity index (χ2v) is 6.54. The molecule has 1 aromatic carbocycles. The molecular formula is C27H33F2NO4. The predicted octanol–water partition coefficient (Wildman–Crippen LogP) is 6.54. The fraction of sp³-hybridized carbons (Fsp3) is 0.259. The summed E-state index contributed by atoms with van der Waals surface area (Å²) in [6.45, 7) is 21.4. The Hall–Kier alpha value is -3.74. The van der Waals surface area contributed by atoms with E-state index in [0.29, 0.717) is 0 Å². The Labute approximate surface area is 200 Å². The second kappa shape index (κ2) is 14.4. The van der Waals surface area contributed by atoms with Crippen LogP contribution in [0.5, 0.6) is 5.75 Å². The molecule has 0 unspecified atom stereocenters. The highest BCUT2D eigenvalue weighted by atomic mass is 19.2. The molecule has 0 spiro atoms. The number of allylic oxidation sites excluding steroid dienone is 6. The third-order valence-corrected chi connectivity index (χ3v) is 4.60. The molecule has 0 bridgehead atoms. The van der Waals surface area contributed by atoms with Gasteiger partial charge in [-0.2, -0.15) is 4.39 Å². The van der Waals surface area contributed by atoms with E-state index in [2.05, 4.69) is 31.1 Å². The van der Waals surface area contributed by atoms with Crippen LogP contribution in [0, 0.1) is 11.6 Å². The molecule has 0 saturated heterocycles. The molecule has 0 saturated carbocycles. The number of nitrogens with zero attached hydrogens (tertiary/aromatic N) is 1. The molecule has 0 aliphatic heterocycles. The highest BCUT2D eigenvalue weighted by Gasteiger charge is 2.23. The molecule has 7 heteroatoms. The Morgan fingerprint density at radius 3 is 2.24 bits per heavy atom. The molecule has 0 N–H and O–H groups in total. The summed E-state index contributed by atoms with van der Waals surface area (Å²) >= 11 is 0. The van der Waals surface area contributed by atoms with Gasteiger partial charge in [-0.15, -0.1) is 13.2 Å². The van der Waals surface area contributed by atoms with Gasteiger partial charge in [0.05, 0.1) is 25.1 Å². The molecule has 0 aliphatic rings. The zero-order valence-corrected chi connectivity index (χ0v) is 20.8. The smallest absolute Gasteiger partial charge is 0.343 e. The van der Waals surface area contributed by atoms with Gasteiger partial charge in [-0.1, -0.05) is 50.8 Å². The molecule has 2 aromatic rings. The largest absolute Gasteiger partial charge is 0.491 e. The minimum Gasteiger partial charge on any atom is -0.491 e. The number of esters is 1. The van der Waals surface area contributed by atoms with Gasteiger partial charge in [-0.25, -0.2) is 9.18 Å². The lowest BCUT2D eigenvalue weighted by Crippen LogP contribution is -2.21. The summed E-state index contributed by atoms with van der Waals surface area (Å²) in [6, 6.07) is 0.757. The van der Waals surface area contributed by atoms with E-state index in [1.165, 1.54) is 17.9 Å². The van der Waals surface area contributed by atoms with Crippen LogP contribution < -0.4 is 10.2 Å². The summed E-state index contributed by atoms with van der Waals surface area (Å²) < 4.78 is 39.7. The molecule has 5 nitrogen and oxygen atoms in total. The highest BCUT2D eigenvalue weighted by molar-refractivity contribution is 5.95. The summed E-state index contributed by atoms with van der Waals surface area (Å²) in [5.41, 5.74) is 1.26. The van der Waals surface area contributed by atoms with Crippen molar-refractivity contribution in [3.05, 3.63) is 101 Å². The monoisotopic (exact) mass is 473 g/mol. The van der Waals surface area contributed by atoms with Gasteiger partial charge in [0, 0.05) is 12.7 Å². The lowest BCUT2D eigenvalue weighted by Gasteiger charge is -2.17. The lowest BCUT2D eigenvalue weighted by molar-refractivity contribution is 0.0598. The number of rotatable bonds is 7. The van der Waals surface area contributed by atoms with E-state index >= 15 is 0 Å². The van der Waals surface area contributed by atoms with Crippen molar-refractivity contribution in [2.75, 3.05) is 14.2 Å². The van der Waals surface area contributed by atoms with Crippen LogP contribution in [0.4, 0.5) is 8.78 Å². The molecule has 1 aromatic heterocycles. The quantitative estimate of drug-likeness (QED) is 0.260. The molecule has 1 heterocycles. The Morgan fingerprint density at radius 2 is 1.79 bits per heavy atom. The first kappa shape index (κ1) is 30.3. The topological polar surface area (TPSA) is 57.5 Å². The summed E-state index contributed by atoms with van der Waals surface area (Å²) in [6.07, 6.45) is 6.52. The van der Waals surface area contributed by atoms with Crippen molar-refractivity contribution in [3.8, 4) is 5.75 Å². The van der Waals surface area contributed by atoms with Gasteiger partial charge in [-0.3, -0.25) is 4.79 Å². The first-order chi connectivity index (χ1) is 16.2. The maximum Gasteiger partial charge on any atom is 0.343 e. The molecule has 0 fully saturated rings. The molecule has 0 aliphatic carbocycles. The Bertz CT molecular complexity index is 1170. The number of aromatic nitrogens is 1. The highest BCUT2D eigenvalue weighted by Crippen LogP contribution is 2.30. The summed E-state index contributed by atoms with van der Waals surface area (Å²) in [5.74, 6) is -3.80. The minimum absolute atomic E-state index is 0.0253. The van der Waals surface area contributed by atoms with Crippen LogP contribution in [0.1, 0.15) is 38.1 Å². The van der Waals surface area contributed by atoms with Crippen molar-refractivity contribution in [1.82, 2.24) is 4.57 Å². The molecule has 34 heavy (non-hydrogen) atoms. The number of carbonyl (C=O) groups is 1. The molecule has 0 amide bonds. The van der Waals surface area contributed by atoms with E-state index in [-0.39, 0.29) is 23.0 Å². The second-order valence-electron chi connectivity index (χ2n) is 6.54. The fourth-order valence-electron chi connectivity index (χ4n) is 3.01. The average Bonchev–Trinajstić information content (AvgIpc) is 2.86. The van der Waals surface area contributed by atoms with Crippen molar-refractivity contribution in [2.24, 2.45) is 0 Å². The van der Waals surface area contributed by atoms with Gasteiger partial charge in [0.15, 0.2) is 11.6 Å². The first-order valence-corrected chi connectivity index (χ1v) is 10.5. The van der Waals surface area contributed by atoms with E-state index in [9.17, 15) is 18.4 Å². The van der Waals surface area contributed by atoms with Crippen LogP contribution in [-0.4, -0.2) is 24.8 Å². The average molecular weight is 474 g/mol. The summed E-state index contributed by atoms with van der Waals surface area (Å²) in [7, 11) is 2.30. The Balaban J connectivity index is 0.00000258. The lowest BCUT2D eigenvalue weighted by atomic mass is 10.0. The normalized spacial score (nSPS) is 10.9. The number of halogens is 2. The van der Waals surface area contributed by atoms with Crippen LogP contribution in [0.15, 0.2) is 78.3 Å². The van der Waals surface area contributed by atoms with Crippen molar-refractivity contribution in [1.29, 1.82) is 0 Å². The van der Waals surface area contributed by atoms with Crippen LogP contribution >= 0.6 is 0 Å². The van der Waals surface area contributed by atoms with Crippen LogP contribution in [0.2, 0.25) is 0 Å². The number of ether oxygens (including phenoxy) is 2. The van der Waals surface area contributed by atoms with E-state index in [1.807, 2.05) is 26.8 Å². The SMILES string of the molecule is C=C.C=C/C(=C/C(=C\C)Cn1cc(C(=O)OC)c(=O)c2cc(F)c(F)c(OC)c21)C(=C)C.CC. The van der Waals surface area contributed by atoms with Crippen LogP contribution in [0.3, 0.4) is 0 Å². The van der Waals surface area contributed by atoms with Gasteiger partial charge in [0.2, 0.25) is 11.2 Å². The first-order valence-electron chi connectivity index (χ1n) is 10.5. The van der Waals surface area contributed by atoms with E-state index < -0.39 is 28.8 Å². The third kappa shape index (κ3) is 6.63. The minimum atomic E-state index is -1.26. The van der Waals surface area contributed by atoms with Gasteiger partial charge in [-0.05, 0) is 31.1 Å². The van der Waals surface area contributed by atoms with Gasteiger partial charge >= 0.3 is 5.97 Å². The van der Waals surface area contributed by atoms with Crippen LogP contribution in [-0.2, 0) is 11.3 Å². The van der Waals surface area contributed by atoms with Crippen LogP contribution in [0.25, 0.3) is 10.9 Å². The summed E-state index contributed by atoms with van der Waals surface area (Å²) in [4.78, 5) is 24.9. The maximum atomic E-state index is 14.4. The predicted molar refractivity (Wildman–Crippen MR) is 135 cm³/mol. The van der Waals surface area contributed by atoms with Gasteiger partial charge < -0.3 is 14.0 Å². The Kier molecular flexibility index (Phi) is 12.8. The van der Waals surface area contributed by atoms with Crippen molar-refractivity contribution in [2.45, 2.75) is 34.2 Å². The number of carbonyl (C=O) groups excluding carboxylic acids is 1. The standard InChI is InChI=1S/C23H23F2NO4.C2H6.C2H4/c1-7-14(9-15(8-2)13(3)4)11-26-12-17(23(28)30-6)21(27)16-10-18(24)19(25)22(29-5)20(16)26;2*1-2/h7-10,12H,2-3,11H2,1,4-6H3;1-2H3;1-2H2/b14-7+,15-9-;;. The summed E-state index contributed by atoms with van der Waals surface area (Å²) in [5, 5.41) is -0.197. The zero-order chi connectivity index (χ0) is 26.6. The van der Waals surface area contributed by atoms with Gasteiger partial charge in [0.25, 0.3) is 0 Å². The molecule has 184 valence electrons. The zero-order valence-electron chi connectivity index (χ0n) is 20.8. The number of pyridine rings is 1. The maximum absolute atomic E-state index is 14.4.